The molecular formula is C15H20N2O2S. The van der Waals surface area contributed by atoms with Gasteiger partial charge in [-0.25, -0.2) is 0 Å². The lowest BCUT2D eigenvalue weighted by Crippen LogP contribution is -2.42. The lowest BCUT2D eigenvalue weighted by atomic mass is 9.90. The van der Waals surface area contributed by atoms with Gasteiger partial charge in [0.2, 0.25) is 5.91 Å². The fourth-order valence-electron chi connectivity index (χ4n) is 2.78. The molecule has 1 saturated carbocycles. The lowest BCUT2D eigenvalue weighted by molar-refractivity contribution is -0.123. The van der Waals surface area contributed by atoms with Crippen molar-refractivity contribution in [2.24, 2.45) is 17.8 Å². The van der Waals surface area contributed by atoms with Gasteiger partial charge in [0.05, 0.1) is 4.88 Å². The predicted octanol–water partition coefficient (Wildman–Crippen LogP) is 2.29. The second kappa shape index (κ2) is 5.20. The van der Waals surface area contributed by atoms with E-state index in [9.17, 15) is 9.59 Å². The summed E-state index contributed by atoms with van der Waals surface area (Å²) in [6.07, 6.45) is 4.25. The van der Waals surface area contributed by atoms with E-state index in [0.29, 0.717) is 16.7 Å². The van der Waals surface area contributed by atoms with Crippen LogP contribution in [0.2, 0.25) is 0 Å². The monoisotopic (exact) mass is 292 g/mol. The predicted molar refractivity (Wildman–Crippen MR) is 78.4 cm³/mol. The summed E-state index contributed by atoms with van der Waals surface area (Å²) in [4.78, 5) is 25.8. The third-order valence-corrected chi connectivity index (χ3v) is 5.53. The van der Waals surface area contributed by atoms with E-state index < -0.39 is 0 Å². The molecule has 3 rings (SSSR count). The van der Waals surface area contributed by atoms with Crippen LogP contribution in [-0.2, 0) is 17.6 Å². The maximum Gasteiger partial charge on any atom is 0.279 e. The second-order valence-corrected chi connectivity index (χ2v) is 7.31. The number of aryl methyl sites for hydroxylation is 1. The van der Waals surface area contributed by atoms with Gasteiger partial charge >= 0.3 is 0 Å². The van der Waals surface area contributed by atoms with Crippen LogP contribution in [0.3, 0.4) is 0 Å². The van der Waals surface area contributed by atoms with Gasteiger partial charge in [-0.2, -0.15) is 0 Å². The van der Waals surface area contributed by atoms with E-state index in [2.05, 4.69) is 17.8 Å². The Morgan fingerprint density at radius 1 is 1.30 bits per heavy atom. The van der Waals surface area contributed by atoms with Gasteiger partial charge in [-0.15, -0.1) is 11.3 Å². The van der Waals surface area contributed by atoms with Crippen LogP contribution in [-0.4, -0.2) is 11.8 Å². The van der Waals surface area contributed by atoms with E-state index in [1.807, 2.05) is 13.0 Å². The largest absolute Gasteiger partial charge is 0.279 e. The first-order chi connectivity index (χ1) is 9.54. The van der Waals surface area contributed by atoms with Crippen molar-refractivity contribution in [3.63, 3.8) is 0 Å². The van der Waals surface area contributed by atoms with E-state index in [0.717, 1.165) is 19.3 Å². The van der Waals surface area contributed by atoms with E-state index >= 15 is 0 Å². The molecule has 20 heavy (non-hydrogen) atoms. The van der Waals surface area contributed by atoms with Crippen molar-refractivity contribution in [3.8, 4) is 0 Å². The number of hydrazine groups is 1. The minimum absolute atomic E-state index is 0.0687. The van der Waals surface area contributed by atoms with Crippen LogP contribution in [0.4, 0.5) is 0 Å². The zero-order chi connectivity index (χ0) is 14.3. The van der Waals surface area contributed by atoms with E-state index in [-0.39, 0.29) is 17.7 Å². The summed E-state index contributed by atoms with van der Waals surface area (Å²) in [5.41, 5.74) is 6.37. The highest BCUT2D eigenvalue weighted by atomic mass is 32.1. The van der Waals surface area contributed by atoms with Crippen LogP contribution in [0.1, 0.15) is 46.8 Å². The molecule has 0 bridgehead atoms. The average Bonchev–Trinajstić information content (AvgIpc) is 3.00. The molecule has 108 valence electrons. The van der Waals surface area contributed by atoms with Crippen molar-refractivity contribution in [3.05, 3.63) is 21.4 Å². The summed E-state index contributed by atoms with van der Waals surface area (Å²) < 4.78 is 0. The summed E-state index contributed by atoms with van der Waals surface area (Å²) in [5, 5.41) is 0. The third kappa shape index (κ3) is 2.73. The average molecular weight is 292 g/mol. The Balaban J connectivity index is 1.59. The highest BCUT2D eigenvalue weighted by molar-refractivity contribution is 7.14. The number of fused-ring (bicyclic) bond motifs is 1. The molecule has 0 aliphatic heterocycles. The maximum atomic E-state index is 12.1. The summed E-state index contributed by atoms with van der Waals surface area (Å²) in [5.74, 6) is 0.957. The number of rotatable bonds is 2. The molecule has 1 fully saturated rings. The smallest absolute Gasteiger partial charge is 0.273 e. The Morgan fingerprint density at radius 3 is 2.75 bits per heavy atom. The van der Waals surface area contributed by atoms with Crippen LogP contribution < -0.4 is 10.9 Å². The Hall–Kier alpha value is -1.36. The Bertz CT molecular complexity index is 552. The lowest BCUT2D eigenvalue weighted by Gasteiger charge is -2.16. The molecule has 0 spiro atoms. The van der Waals surface area contributed by atoms with Crippen LogP contribution >= 0.6 is 11.3 Å². The number of nitrogens with one attached hydrogen (secondary N) is 2. The molecule has 3 atom stereocenters. The quantitative estimate of drug-likeness (QED) is 0.822. The van der Waals surface area contributed by atoms with E-state index in [1.54, 1.807) is 11.3 Å². The maximum absolute atomic E-state index is 12.1. The molecule has 3 unspecified atom stereocenters. The van der Waals surface area contributed by atoms with Crippen molar-refractivity contribution in [1.29, 1.82) is 0 Å². The zero-order valence-corrected chi connectivity index (χ0v) is 12.7. The first-order valence-electron chi connectivity index (χ1n) is 7.26. The first-order valence-corrected chi connectivity index (χ1v) is 8.08. The molecule has 2 amide bonds. The molecule has 1 aromatic heterocycles. The van der Waals surface area contributed by atoms with E-state index in [4.69, 9.17) is 0 Å². The molecule has 0 saturated heterocycles. The van der Waals surface area contributed by atoms with Gasteiger partial charge in [-0.1, -0.05) is 13.8 Å². The third-order valence-electron chi connectivity index (χ3n) is 4.30. The van der Waals surface area contributed by atoms with Gasteiger partial charge in [-0.3, -0.25) is 20.4 Å². The number of amides is 2. The van der Waals surface area contributed by atoms with Gasteiger partial charge in [0.1, 0.15) is 0 Å². The van der Waals surface area contributed by atoms with Crippen LogP contribution in [0.25, 0.3) is 0 Å². The summed E-state index contributed by atoms with van der Waals surface area (Å²) in [6.45, 7) is 4.29. The van der Waals surface area contributed by atoms with Crippen molar-refractivity contribution in [1.82, 2.24) is 10.9 Å². The Labute approximate surface area is 122 Å². The summed E-state index contributed by atoms with van der Waals surface area (Å²) in [7, 11) is 0. The number of hydrogen-bond donors (Lipinski definition) is 2. The first kappa shape index (κ1) is 13.6. The molecule has 2 aliphatic carbocycles. The molecule has 0 radical (unpaired) electrons. The minimum atomic E-state index is -0.196. The van der Waals surface area contributed by atoms with Crippen LogP contribution in [0, 0.1) is 17.8 Å². The summed E-state index contributed by atoms with van der Waals surface area (Å²) in [6, 6.07) is 1.98. The molecule has 1 heterocycles. The zero-order valence-electron chi connectivity index (χ0n) is 11.9. The van der Waals surface area contributed by atoms with Gasteiger partial charge in [0, 0.05) is 10.8 Å². The summed E-state index contributed by atoms with van der Waals surface area (Å²) >= 11 is 1.56. The fourth-order valence-corrected chi connectivity index (χ4v) is 3.88. The highest BCUT2D eigenvalue weighted by Crippen LogP contribution is 2.37. The van der Waals surface area contributed by atoms with Gasteiger partial charge in [-0.05, 0) is 49.1 Å². The minimum Gasteiger partial charge on any atom is -0.273 e. The topological polar surface area (TPSA) is 58.2 Å². The molecule has 5 heteroatoms. The van der Waals surface area contributed by atoms with Crippen molar-refractivity contribution in [2.75, 3.05) is 0 Å². The van der Waals surface area contributed by atoms with Crippen molar-refractivity contribution < 1.29 is 9.59 Å². The number of carbonyl (C=O) groups is 2. The van der Waals surface area contributed by atoms with Gasteiger partial charge in [0.15, 0.2) is 0 Å². The Kier molecular flexibility index (Phi) is 3.54. The fraction of sp³-hybridized carbons (Fsp3) is 0.600. The molecule has 0 aromatic carbocycles. The van der Waals surface area contributed by atoms with E-state index in [1.165, 1.54) is 16.9 Å². The number of thiophene rings is 1. The molecular weight excluding hydrogens is 272 g/mol. The highest BCUT2D eigenvalue weighted by Gasteiger charge is 2.39. The van der Waals surface area contributed by atoms with Crippen LogP contribution in [0.15, 0.2) is 6.07 Å². The second-order valence-electron chi connectivity index (χ2n) is 6.17. The van der Waals surface area contributed by atoms with Crippen LogP contribution in [0.5, 0.6) is 0 Å². The molecule has 1 aromatic rings. The standard InChI is InChI=1S/C15H20N2O2S/c1-8-3-4-12-10(5-8)7-13(20-12)15(19)17-16-14(18)11-6-9(11)2/h7-9,11H,3-6H2,1-2H3,(H,16,18)(H,17,19). The normalized spacial score (nSPS) is 27.6. The number of hydrogen-bond acceptors (Lipinski definition) is 3. The molecule has 4 nitrogen and oxygen atoms in total. The van der Waals surface area contributed by atoms with Crippen molar-refractivity contribution in [2.45, 2.75) is 39.5 Å². The van der Waals surface area contributed by atoms with Gasteiger partial charge in [0.25, 0.3) is 5.91 Å². The molecule has 2 N–H and O–H groups in total. The van der Waals surface area contributed by atoms with Gasteiger partial charge < -0.3 is 0 Å². The SMILES string of the molecule is CC1CCc2sc(C(=O)NNC(=O)C3CC3C)cc2C1. The van der Waals surface area contributed by atoms with Crippen molar-refractivity contribution >= 4 is 23.2 Å². The number of carbonyl (C=O) groups excluding carboxylic acids is 2. The molecule has 2 aliphatic rings. The Morgan fingerprint density at radius 2 is 2.05 bits per heavy atom.